The number of rotatable bonds is 7. The molecule has 1 aromatic carbocycles. The van der Waals surface area contributed by atoms with E-state index in [0.29, 0.717) is 13.2 Å². The minimum Gasteiger partial charge on any atom is -0.486 e. The van der Waals surface area contributed by atoms with Crippen LogP contribution >= 0.6 is 24.0 Å². The van der Waals surface area contributed by atoms with E-state index in [1.807, 2.05) is 24.3 Å². The maximum atomic E-state index is 5.93. The normalized spacial score (nSPS) is 16.5. The molecule has 1 aromatic rings. The number of halogens is 1. The summed E-state index contributed by atoms with van der Waals surface area (Å²) in [6, 6.07) is 7.75. The van der Waals surface area contributed by atoms with Crippen molar-refractivity contribution < 1.29 is 9.47 Å². The van der Waals surface area contributed by atoms with Crippen LogP contribution in [0.4, 0.5) is 0 Å². The summed E-state index contributed by atoms with van der Waals surface area (Å²) >= 11 is 0. The second kappa shape index (κ2) is 11.4. The van der Waals surface area contributed by atoms with Gasteiger partial charge in [0.15, 0.2) is 17.5 Å². The molecule has 1 atom stereocenters. The maximum absolute atomic E-state index is 5.93. The Morgan fingerprint density at radius 3 is 2.58 bits per heavy atom. The van der Waals surface area contributed by atoms with E-state index in [-0.39, 0.29) is 30.1 Å². The topological polar surface area (TPSA) is 58.1 Å². The molecule has 0 saturated carbocycles. The molecular weight excluding hydrogens is 419 g/mol. The highest BCUT2D eigenvalue weighted by atomic mass is 127. The zero-order valence-corrected chi connectivity index (χ0v) is 17.1. The molecule has 1 unspecified atom stereocenters. The summed E-state index contributed by atoms with van der Waals surface area (Å²) in [4.78, 5) is 6.62. The van der Waals surface area contributed by atoms with Crippen LogP contribution in [0.15, 0.2) is 29.3 Å². The molecule has 0 radical (unpaired) electrons. The van der Waals surface area contributed by atoms with E-state index in [1.54, 1.807) is 7.05 Å². The monoisotopic (exact) mass is 448 g/mol. The lowest BCUT2D eigenvalue weighted by molar-refractivity contribution is 0.0936. The van der Waals surface area contributed by atoms with Crippen LogP contribution in [0.3, 0.4) is 0 Å². The molecule has 0 fully saturated rings. The van der Waals surface area contributed by atoms with E-state index in [4.69, 9.17) is 9.47 Å². The number of nitrogens with one attached hydrogen (secondary N) is 2. The lowest BCUT2D eigenvalue weighted by Crippen LogP contribution is -2.46. The van der Waals surface area contributed by atoms with Crippen LogP contribution in [0.5, 0.6) is 11.5 Å². The minimum atomic E-state index is -0.0220. The second-order valence-electron chi connectivity index (χ2n) is 5.40. The Bertz CT molecular complexity index is 509. The van der Waals surface area contributed by atoms with Crippen molar-refractivity contribution in [3.05, 3.63) is 24.3 Å². The lowest BCUT2D eigenvalue weighted by Gasteiger charge is -2.27. The fraction of sp³-hybridized carbons (Fsp3) is 0.588. The molecule has 0 bridgehead atoms. The molecule has 6 nitrogen and oxygen atoms in total. The molecule has 136 valence electrons. The third kappa shape index (κ3) is 6.35. The van der Waals surface area contributed by atoms with Crippen LogP contribution in [0.2, 0.25) is 0 Å². The first-order valence-electron chi connectivity index (χ1n) is 8.32. The van der Waals surface area contributed by atoms with Crippen LogP contribution in [0.1, 0.15) is 13.8 Å². The predicted molar refractivity (Wildman–Crippen MR) is 109 cm³/mol. The maximum Gasteiger partial charge on any atom is 0.191 e. The highest BCUT2D eigenvalue weighted by Crippen LogP contribution is 2.30. The molecule has 0 aromatic heterocycles. The summed E-state index contributed by atoms with van der Waals surface area (Å²) in [7, 11) is 1.78. The Labute approximate surface area is 162 Å². The van der Waals surface area contributed by atoms with Crippen molar-refractivity contribution in [2.45, 2.75) is 20.0 Å². The van der Waals surface area contributed by atoms with Gasteiger partial charge < -0.3 is 25.0 Å². The van der Waals surface area contributed by atoms with Gasteiger partial charge in [0, 0.05) is 20.1 Å². The zero-order valence-electron chi connectivity index (χ0n) is 14.7. The quantitative estimate of drug-likeness (QED) is 0.380. The number of hydrogen-bond donors (Lipinski definition) is 2. The number of ether oxygens (including phenoxy) is 2. The van der Waals surface area contributed by atoms with E-state index in [0.717, 1.165) is 43.6 Å². The SMILES string of the molecule is CCN(CC)CCNC(=NC)NCC1COc2ccccc2O1.I. The van der Waals surface area contributed by atoms with Crippen LogP contribution in [-0.4, -0.2) is 63.3 Å². The Morgan fingerprint density at radius 2 is 1.92 bits per heavy atom. The average molecular weight is 448 g/mol. The van der Waals surface area contributed by atoms with E-state index in [2.05, 4.69) is 34.4 Å². The van der Waals surface area contributed by atoms with Gasteiger partial charge in [-0.1, -0.05) is 26.0 Å². The highest BCUT2D eigenvalue weighted by Gasteiger charge is 2.20. The Hall–Kier alpha value is -1.22. The van der Waals surface area contributed by atoms with Crippen LogP contribution in [-0.2, 0) is 0 Å². The number of benzene rings is 1. The fourth-order valence-corrected chi connectivity index (χ4v) is 2.47. The van der Waals surface area contributed by atoms with E-state index < -0.39 is 0 Å². The van der Waals surface area contributed by atoms with Gasteiger partial charge in [-0.15, -0.1) is 24.0 Å². The van der Waals surface area contributed by atoms with Crippen molar-refractivity contribution in [3.63, 3.8) is 0 Å². The number of fused-ring (bicyclic) bond motifs is 1. The molecule has 24 heavy (non-hydrogen) atoms. The first-order valence-corrected chi connectivity index (χ1v) is 8.32. The summed E-state index contributed by atoms with van der Waals surface area (Å²) in [5, 5.41) is 6.62. The number of hydrogen-bond acceptors (Lipinski definition) is 4. The summed E-state index contributed by atoms with van der Waals surface area (Å²) in [5.74, 6) is 2.40. The third-order valence-electron chi connectivity index (χ3n) is 3.90. The highest BCUT2D eigenvalue weighted by molar-refractivity contribution is 14.0. The number of likely N-dealkylation sites (N-methyl/N-ethyl adjacent to an activating group) is 1. The van der Waals surface area contributed by atoms with Crippen molar-refractivity contribution >= 4 is 29.9 Å². The van der Waals surface area contributed by atoms with Crippen molar-refractivity contribution in [2.24, 2.45) is 4.99 Å². The first-order chi connectivity index (χ1) is 11.3. The fourth-order valence-electron chi connectivity index (χ4n) is 2.47. The molecule has 0 saturated heterocycles. The van der Waals surface area contributed by atoms with Gasteiger partial charge in [-0.3, -0.25) is 4.99 Å². The van der Waals surface area contributed by atoms with Crippen LogP contribution in [0.25, 0.3) is 0 Å². The van der Waals surface area contributed by atoms with Crippen molar-refractivity contribution in [3.8, 4) is 11.5 Å². The molecule has 2 N–H and O–H groups in total. The van der Waals surface area contributed by atoms with Gasteiger partial charge in [0.25, 0.3) is 0 Å². The average Bonchev–Trinajstić information content (AvgIpc) is 2.61. The van der Waals surface area contributed by atoms with Gasteiger partial charge in [-0.05, 0) is 25.2 Å². The molecule has 7 heteroatoms. The number of para-hydroxylation sites is 2. The van der Waals surface area contributed by atoms with Crippen LogP contribution < -0.4 is 20.1 Å². The largest absolute Gasteiger partial charge is 0.486 e. The lowest BCUT2D eigenvalue weighted by atomic mass is 10.2. The second-order valence-corrected chi connectivity index (χ2v) is 5.40. The molecule has 2 rings (SSSR count). The summed E-state index contributed by atoms with van der Waals surface area (Å²) in [5.41, 5.74) is 0. The Balaban J connectivity index is 0.00000288. The van der Waals surface area contributed by atoms with Crippen molar-refractivity contribution in [1.82, 2.24) is 15.5 Å². The number of nitrogens with zero attached hydrogens (tertiary/aromatic N) is 2. The summed E-state index contributed by atoms with van der Waals surface area (Å²) < 4.78 is 11.6. The molecule has 1 aliphatic rings. The van der Waals surface area contributed by atoms with Gasteiger partial charge in [0.1, 0.15) is 12.7 Å². The van der Waals surface area contributed by atoms with Gasteiger partial charge in [-0.2, -0.15) is 0 Å². The predicted octanol–water partition coefficient (Wildman–Crippen LogP) is 1.95. The Morgan fingerprint density at radius 1 is 1.21 bits per heavy atom. The summed E-state index contributed by atoms with van der Waals surface area (Å²) in [6.07, 6.45) is -0.0220. The smallest absolute Gasteiger partial charge is 0.191 e. The molecule has 1 heterocycles. The molecule has 1 aliphatic heterocycles. The van der Waals surface area contributed by atoms with Crippen molar-refractivity contribution in [1.29, 1.82) is 0 Å². The Kier molecular flexibility index (Phi) is 9.85. The zero-order chi connectivity index (χ0) is 16.5. The standard InChI is InChI=1S/C17H28N4O2.HI/c1-4-21(5-2)11-10-19-17(18-3)20-12-14-13-22-15-8-6-7-9-16(15)23-14;/h6-9,14H,4-5,10-13H2,1-3H3,(H2,18,19,20);1H. The van der Waals surface area contributed by atoms with Gasteiger partial charge >= 0.3 is 0 Å². The molecule has 0 amide bonds. The van der Waals surface area contributed by atoms with E-state index in [1.165, 1.54) is 0 Å². The summed E-state index contributed by atoms with van der Waals surface area (Å²) in [6.45, 7) is 9.55. The third-order valence-corrected chi connectivity index (χ3v) is 3.90. The van der Waals surface area contributed by atoms with E-state index in [9.17, 15) is 0 Å². The van der Waals surface area contributed by atoms with E-state index >= 15 is 0 Å². The number of guanidine groups is 1. The van der Waals surface area contributed by atoms with Gasteiger partial charge in [0.05, 0.1) is 6.54 Å². The van der Waals surface area contributed by atoms with Gasteiger partial charge in [0.2, 0.25) is 0 Å². The molecular formula is C17H29IN4O2. The molecule has 0 aliphatic carbocycles. The van der Waals surface area contributed by atoms with Crippen LogP contribution in [0, 0.1) is 0 Å². The number of aliphatic imine (C=N–C) groups is 1. The van der Waals surface area contributed by atoms with Crippen molar-refractivity contribution in [2.75, 3.05) is 46.4 Å². The van der Waals surface area contributed by atoms with Gasteiger partial charge in [-0.25, -0.2) is 0 Å². The molecule has 0 spiro atoms. The first kappa shape index (κ1) is 20.8. The minimum absolute atomic E-state index is 0.